The number of fused-ring (bicyclic) bond motifs is 1. The topological polar surface area (TPSA) is 78.2 Å². The fourth-order valence-corrected chi connectivity index (χ4v) is 3.16. The summed E-state index contributed by atoms with van der Waals surface area (Å²) in [7, 11) is 3.26. The van der Waals surface area contributed by atoms with E-state index in [1.165, 1.54) is 6.21 Å². The number of halogens is 3. The van der Waals surface area contributed by atoms with Crippen LogP contribution in [0.25, 0.3) is 16.7 Å². The van der Waals surface area contributed by atoms with Gasteiger partial charge in [-0.2, -0.15) is 13.2 Å². The maximum absolute atomic E-state index is 12.9. The molecule has 0 aliphatic carbocycles. The molecule has 0 saturated heterocycles. The van der Waals surface area contributed by atoms with E-state index in [2.05, 4.69) is 20.3 Å². The van der Waals surface area contributed by atoms with Crippen LogP contribution >= 0.6 is 0 Å². The summed E-state index contributed by atoms with van der Waals surface area (Å²) < 4.78 is 52.4. The van der Waals surface area contributed by atoms with Crippen molar-refractivity contribution in [3.05, 3.63) is 28.8 Å². The van der Waals surface area contributed by atoms with Gasteiger partial charge in [0.25, 0.3) is 0 Å². The van der Waals surface area contributed by atoms with E-state index in [9.17, 15) is 17.7 Å². The molecular weight excluding hydrogens is 355 g/mol. The van der Waals surface area contributed by atoms with Crippen molar-refractivity contribution in [2.24, 2.45) is 12.0 Å². The number of aliphatic imine (C=N–C) groups is 1. The van der Waals surface area contributed by atoms with Crippen molar-refractivity contribution < 1.29 is 17.7 Å². The van der Waals surface area contributed by atoms with Crippen molar-refractivity contribution in [1.82, 2.24) is 19.9 Å². The number of rotatable bonds is 5. The summed E-state index contributed by atoms with van der Waals surface area (Å²) in [6, 6.07) is 0.891. The fraction of sp³-hybridized carbons (Fsp3) is 0.400. The van der Waals surface area contributed by atoms with Gasteiger partial charge < -0.3 is 14.4 Å². The molecule has 1 N–H and O–H groups in total. The molecule has 2 aromatic heterocycles. The Hall–Kier alpha value is -2.07. The molecule has 0 aliphatic rings. The number of hydrogen-bond acceptors (Lipinski definition) is 5. The number of hydrogen-bond donors (Lipinski definition) is 1. The number of pyridine rings is 1. The number of imidazole rings is 1. The van der Waals surface area contributed by atoms with Crippen LogP contribution in [-0.4, -0.2) is 38.1 Å². The first-order valence-electron chi connectivity index (χ1n) is 7.43. The van der Waals surface area contributed by atoms with E-state index in [0.29, 0.717) is 27.8 Å². The van der Waals surface area contributed by atoms with Crippen molar-refractivity contribution in [1.29, 1.82) is 0 Å². The first kappa shape index (κ1) is 19.3. The highest BCUT2D eigenvalue weighted by atomic mass is 32.2. The van der Waals surface area contributed by atoms with Gasteiger partial charge in [0, 0.05) is 31.5 Å². The van der Waals surface area contributed by atoms with Crippen molar-refractivity contribution >= 4 is 34.1 Å². The second kappa shape index (κ2) is 7.44. The summed E-state index contributed by atoms with van der Waals surface area (Å²) >= 11 is -1.34. The quantitative estimate of drug-likeness (QED) is 0.646. The largest absolute Gasteiger partial charge is 0.610 e. The van der Waals surface area contributed by atoms with E-state index in [0.717, 1.165) is 12.3 Å². The second-order valence-electron chi connectivity index (χ2n) is 5.00. The van der Waals surface area contributed by atoms with Gasteiger partial charge in [-0.25, -0.2) is 9.97 Å². The van der Waals surface area contributed by atoms with E-state index in [1.807, 2.05) is 0 Å². The van der Waals surface area contributed by atoms with E-state index in [1.54, 1.807) is 32.5 Å². The molecule has 1 unspecified atom stereocenters. The molecular formula is C15H18F3N5OS. The minimum Gasteiger partial charge on any atom is -0.610 e. The Kier molecular flexibility index (Phi) is 5.73. The van der Waals surface area contributed by atoms with Crippen LogP contribution in [0.2, 0.25) is 0 Å². The summed E-state index contributed by atoms with van der Waals surface area (Å²) in [4.78, 5) is 12.0. The molecule has 25 heavy (non-hydrogen) atoms. The van der Waals surface area contributed by atoms with Gasteiger partial charge in [-0.1, -0.05) is 0 Å². The van der Waals surface area contributed by atoms with Crippen LogP contribution in [0.5, 0.6) is 0 Å². The zero-order valence-electron chi connectivity index (χ0n) is 14.2. The molecule has 6 nitrogen and oxygen atoms in total. The van der Waals surface area contributed by atoms with Gasteiger partial charge in [0.1, 0.15) is 11.4 Å². The van der Waals surface area contributed by atoms with Crippen molar-refractivity contribution in [3.8, 4) is 0 Å². The van der Waals surface area contributed by atoms with Crippen LogP contribution in [0.4, 0.5) is 13.2 Å². The Bertz CT molecular complexity index is 828. The lowest BCUT2D eigenvalue weighted by molar-refractivity contribution is -0.141. The van der Waals surface area contributed by atoms with E-state index < -0.39 is 23.0 Å². The second-order valence-corrected chi connectivity index (χ2v) is 6.68. The van der Waals surface area contributed by atoms with Gasteiger partial charge >= 0.3 is 6.18 Å². The molecule has 1 atom stereocenters. The van der Waals surface area contributed by atoms with Crippen molar-refractivity contribution in [2.75, 3.05) is 12.8 Å². The third-order valence-electron chi connectivity index (χ3n) is 3.46. The van der Waals surface area contributed by atoms with E-state index in [4.69, 9.17) is 0 Å². The monoisotopic (exact) mass is 373 g/mol. The normalized spacial score (nSPS) is 14.9. The smallest absolute Gasteiger partial charge is 0.433 e. The maximum atomic E-state index is 12.9. The standard InChI is InChI=1S/C15H18F3N5OS/c1-5-20-12(14(19-3)25(24)6-2)13-22-9-7-11(15(16,17)18)21-8-10(9)23(13)4/h5,7-8,19H,6H2,1-4H3/b14-12+,20-5+. The number of aryl methyl sites for hydroxylation is 1. The molecule has 0 aromatic carbocycles. The molecule has 2 heterocycles. The number of nitrogens with one attached hydrogen (secondary N) is 1. The van der Waals surface area contributed by atoms with Gasteiger partial charge in [0.05, 0.1) is 17.2 Å². The van der Waals surface area contributed by atoms with Crippen LogP contribution in [-0.2, 0) is 24.4 Å². The van der Waals surface area contributed by atoms with Crippen LogP contribution in [0, 0.1) is 0 Å². The Morgan fingerprint density at radius 2 is 2.16 bits per heavy atom. The predicted molar refractivity (Wildman–Crippen MR) is 92.3 cm³/mol. The molecule has 0 radical (unpaired) electrons. The third-order valence-corrected chi connectivity index (χ3v) is 4.84. The number of alkyl halides is 3. The average molecular weight is 373 g/mol. The summed E-state index contributed by atoms with van der Waals surface area (Å²) in [6.07, 6.45) is -1.91. The molecule has 10 heteroatoms. The highest BCUT2D eigenvalue weighted by Gasteiger charge is 2.33. The maximum Gasteiger partial charge on any atom is 0.433 e. The number of nitrogens with zero attached hydrogens (tertiary/aromatic N) is 4. The average Bonchev–Trinajstić information content (AvgIpc) is 2.90. The Morgan fingerprint density at radius 1 is 1.48 bits per heavy atom. The molecule has 0 aliphatic heterocycles. The molecule has 0 saturated carbocycles. The van der Waals surface area contributed by atoms with Crippen LogP contribution in [0.3, 0.4) is 0 Å². The highest BCUT2D eigenvalue weighted by Crippen LogP contribution is 2.31. The highest BCUT2D eigenvalue weighted by molar-refractivity contribution is 7.95. The van der Waals surface area contributed by atoms with Gasteiger partial charge in [0.15, 0.2) is 11.5 Å². The fourth-order valence-electron chi connectivity index (χ4n) is 2.29. The summed E-state index contributed by atoms with van der Waals surface area (Å²) in [6.45, 7) is 3.45. The molecule has 0 amide bonds. The zero-order valence-corrected chi connectivity index (χ0v) is 15.0. The summed E-state index contributed by atoms with van der Waals surface area (Å²) in [5, 5.41) is 3.22. The van der Waals surface area contributed by atoms with Gasteiger partial charge in [-0.05, 0) is 19.9 Å². The molecule has 136 valence electrons. The SMILES string of the molecule is C/C=N/C(=C(\NC)[S+]([O-])CC)c1nc2cc(C(F)(F)F)ncc2n1C. The van der Waals surface area contributed by atoms with Gasteiger partial charge in [0.2, 0.25) is 5.03 Å². The molecule has 0 spiro atoms. The lowest BCUT2D eigenvalue weighted by atomic mass is 10.3. The molecule has 0 fully saturated rings. The summed E-state index contributed by atoms with van der Waals surface area (Å²) in [5.74, 6) is 0.670. The Morgan fingerprint density at radius 3 is 2.68 bits per heavy atom. The number of aromatic nitrogens is 3. The lowest BCUT2D eigenvalue weighted by Crippen LogP contribution is -2.21. The van der Waals surface area contributed by atoms with Crippen LogP contribution in [0.15, 0.2) is 22.3 Å². The minimum absolute atomic E-state index is 0.140. The minimum atomic E-state index is -4.55. The predicted octanol–water partition coefficient (Wildman–Crippen LogP) is 2.69. The summed E-state index contributed by atoms with van der Waals surface area (Å²) in [5.41, 5.74) is -0.136. The van der Waals surface area contributed by atoms with Gasteiger partial charge in [-0.15, -0.1) is 0 Å². The lowest BCUT2D eigenvalue weighted by Gasteiger charge is -2.14. The molecule has 0 bridgehead atoms. The zero-order chi connectivity index (χ0) is 18.8. The molecule has 2 aromatic rings. The van der Waals surface area contributed by atoms with Crippen LogP contribution in [0.1, 0.15) is 25.4 Å². The van der Waals surface area contributed by atoms with E-state index in [-0.39, 0.29) is 5.52 Å². The van der Waals surface area contributed by atoms with Gasteiger partial charge in [-0.3, -0.25) is 4.99 Å². The van der Waals surface area contributed by atoms with E-state index >= 15 is 0 Å². The molecule has 2 rings (SSSR count). The first-order valence-corrected chi connectivity index (χ1v) is 8.75. The van der Waals surface area contributed by atoms with Crippen LogP contribution < -0.4 is 5.32 Å². The van der Waals surface area contributed by atoms with Crippen molar-refractivity contribution in [3.63, 3.8) is 0 Å². The Labute approximate surface area is 146 Å². The van der Waals surface area contributed by atoms with Crippen molar-refractivity contribution in [2.45, 2.75) is 20.0 Å². The first-order chi connectivity index (χ1) is 11.7. The third kappa shape index (κ3) is 3.79. The Balaban J connectivity index is 2.73.